The third-order valence-corrected chi connectivity index (χ3v) is 6.97. The lowest BCUT2D eigenvalue weighted by atomic mass is 10.0. The Morgan fingerprint density at radius 2 is 1.71 bits per heavy atom. The summed E-state index contributed by atoms with van der Waals surface area (Å²) in [5, 5.41) is 3.13. The molecule has 2 aliphatic heterocycles. The molecule has 0 saturated carbocycles. The number of alkyl halides is 3. The molecule has 0 spiro atoms. The van der Waals surface area contributed by atoms with E-state index >= 15 is 0 Å². The number of piperidine rings is 1. The molecule has 1 amide bonds. The van der Waals surface area contributed by atoms with Crippen LogP contribution in [0.5, 0.6) is 0 Å². The molecule has 6 nitrogen and oxygen atoms in total. The molecule has 4 rings (SSSR count). The van der Waals surface area contributed by atoms with Gasteiger partial charge in [0.25, 0.3) is 0 Å². The van der Waals surface area contributed by atoms with Crippen molar-refractivity contribution in [2.45, 2.75) is 44.8 Å². The molecule has 0 aliphatic carbocycles. The summed E-state index contributed by atoms with van der Waals surface area (Å²) in [4.78, 5) is 23.3. The number of aryl methyl sites for hydroxylation is 1. The van der Waals surface area contributed by atoms with Gasteiger partial charge in [-0.05, 0) is 56.5 Å². The maximum absolute atomic E-state index is 12.7. The Labute approximate surface area is 205 Å². The van der Waals surface area contributed by atoms with Crippen LogP contribution in [0.4, 0.5) is 24.7 Å². The van der Waals surface area contributed by atoms with Crippen LogP contribution in [0, 0.1) is 6.92 Å². The van der Waals surface area contributed by atoms with Crippen molar-refractivity contribution < 1.29 is 18.0 Å². The lowest BCUT2D eigenvalue weighted by Gasteiger charge is -2.36. The van der Waals surface area contributed by atoms with Gasteiger partial charge in [0.1, 0.15) is 5.82 Å². The first kappa shape index (κ1) is 25.3. The number of nitrogens with zero attached hydrogens (tertiary/aromatic N) is 4. The number of halogens is 3. The van der Waals surface area contributed by atoms with Crippen LogP contribution < -0.4 is 15.1 Å². The van der Waals surface area contributed by atoms with E-state index in [1.807, 2.05) is 4.90 Å². The van der Waals surface area contributed by atoms with Crippen molar-refractivity contribution in [3.05, 3.63) is 53.7 Å². The molecular weight excluding hydrogens is 455 g/mol. The van der Waals surface area contributed by atoms with Gasteiger partial charge in [0.2, 0.25) is 5.91 Å². The van der Waals surface area contributed by atoms with Gasteiger partial charge in [0, 0.05) is 63.6 Å². The van der Waals surface area contributed by atoms with Crippen molar-refractivity contribution in [2.24, 2.45) is 0 Å². The monoisotopic (exact) mass is 489 g/mol. The molecule has 2 fully saturated rings. The number of nitrogens with one attached hydrogen (secondary N) is 1. The average Bonchev–Trinajstić information content (AvgIpc) is 2.85. The summed E-state index contributed by atoms with van der Waals surface area (Å²) < 4.78 is 38.2. The standard InChI is InChI=1S/C26H34F3N5O/c1-20-5-2-3-6-23(20)33-17-15-32(16-18-33)12-4-7-25(35)31-22-10-13-34(14-11-22)24-9-8-21(19-30-24)26(27,28)29/h2-3,5-6,8-9,19,22H,4,7,10-18H2,1H3,(H,31,35). The van der Waals surface area contributed by atoms with Crippen LogP contribution >= 0.6 is 0 Å². The molecule has 0 unspecified atom stereocenters. The van der Waals surface area contributed by atoms with E-state index in [0.29, 0.717) is 25.3 Å². The highest BCUT2D eigenvalue weighted by Crippen LogP contribution is 2.30. The fraction of sp³-hybridized carbons (Fsp3) is 0.538. The molecule has 2 aliphatic rings. The number of carbonyl (C=O) groups excluding carboxylic acids is 1. The second kappa shape index (κ2) is 11.3. The average molecular weight is 490 g/mol. The molecule has 1 aromatic heterocycles. The molecule has 35 heavy (non-hydrogen) atoms. The van der Waals surface area contributed by atoms with Gasteiger partial charge in [0.15, 0.2) is 0 Å². The Morgan fingerprint density at radius 1 is 1.00 bits per heavy atom. The summed E-state index contributed by atoms with van der Waals surface area (Å²) in [6.07, 6.45) is -0.627. The maximum atomic E-state index is 12.7. The third-order valence-electron chi connectivity index (χ3n) is 6.97. The highest BCUT2D eigenvalue weighted by atomic mass is 19.4. The van der Waals surface area contributed by atoms with Crippen LogP contribution in [0.3, 0.4) is 0 Å². The second-order valence-electron chi connectivity index (χ2n) is 9.45. The topological polar surface area (TPSA) is 51.7 Å². The maximum Gasteiger partial charge on any atom is 0.417 e. The summed E-state index contributed by atoms with van der Waals surface area (Å²) in [6.45, 7) is 8.41. The Bertz CT molecular complexity index is 966. The van der Waals surface area contributed by atoms with Crippen LogP contribution in [-0.4, -0.2) is 67.6 Å². The van der Waals surface area contributed by atoms with Crippen LogP contribution in [0.1, 0.15) is 36.8 Å². The Morgan fingerprint density at radius 3 is 2.34 bits per heavy atom. The smallest absolute Gasteiger partial charge is 0.369 e. The number of pyridine rings is 1. The summed E-state index contributed by atoms with van der Waals surface area (Å²) in [7, 11) is 0. The van der Waals surface area contributed by atoms with Crippen molar-refractivity contribution in [3.63, 3.8) is 0 Å². The minimum absolute atomic E-state index is 0.0784. The van der Waals surface area contributed by atoms with Gasteiger partial charge in [-0.1, -0.05) is 18.2 Å². The van der Waals surface area contributed by atoms with Crippen LogP contribution in [-0.2, 0) is 11.0 Å². The SMILES string of the molecule is Cc1ccccc1N1CCN(CCCC(=O)NC2CCN(c3ccc(C(F)(F)F)cn3)CC2)CC1. The Kier molecular flexibility index (Phi) is 8.15. The fourth-order valence-electron chi connectivity index (χ4n) is 4.89. The van der Waals surface area contributed by atoms with Gasteiger partial charge >= 0.3 is 6.18 Å². The number of para-hydroxylation sites is 1. The molecular formula is C26H34F3N5O. The van der Waals surface area contributed by atoms with Gasteiger partial charge in [-0.25, -0.2) is 4.98 Å². The van der Waals surface area contributed by atoms with E-state index in [1.54, 1.807) is 0 Å². The first-order chi connectivity index (χ1) is 16.8. The van der Waals surface area contributed by atoms with E-state index in [9.17, 15) is 18.0 Å². The first-order valence-corrected chi connectivity index (χ1v) is 12.4. The van der Waals surface area contributed by atoms with Crippen LogP contribution in [0.2, 0.25) is 0 Å². The zero-order valence-electron chi connectivity index (χ0n) is 20.2. The third kappa shape index (κ3) is 6.87. The molecule has 2 saturated heterocycles. The van der Waals surface area contributed by atoms with E-state index in [0.717, 1.165) is 64.2 Å². The molecule has 3 heterocycles. The molecule has 1 N–H and O–H groups in total. The van der Waals surface area contributed by atoms with E-state index in [2.05, 4.69) is 51.3 Å². The minimum atomic E-state index is -4.38. The van der Waals surface area contributed by atoms with Crippen molar-refractivity contribution in [1.29, 1.82) is 0 Å². The lowest BCUT2D eigenvalue weighted by Crippen LogP contribution is -2.47. The van der Waals surface area contributed by atoms with Gasteiger partial charge in [-0.2, -0.15) is 13.2 Å². The quantitative estimate of drug-likeness (QED) is 0.635. The van der Waals surface area contributed by atoms with Gasteiger partial charge in [-0.15, -0.1) is 0 Å². The first-order valence-electron chi connectivity index (χ1n) is 12.4. The number of piperazine rings is 1. The minimum Gasteiger partial charge on any atom is -0.369 e. The summed E-state index contributed by atoms with van der Waals surface area (Å²) in [5.74, 6) is 0.625. The molecule has 0 atom stereocenters. The number of amides is 1. The normalized spacial score (nSPS) is 18.1. The molecule has 0 bridgehead atoms. The largest absolute Gasteiger partial charge is 0.417 e. The molecule has 0 radical (unpaired) electrons. The Hall–Kier alpha value is -2.81. The zero-order chi connectivity index (χ0) is 24.8. The van der Waals surface area contributed by atoms with E-state index < -0.39 is 11.7 Å². The predicted octanol–water partition coefficient (Wildman–Crippen LogP) is 4.10. The van der Waals surface area contributed by atoms with E-state index in [1.165, 1.54) is 17.3 Å². The summed E-state index contributed by atoms with van der Waals surface area (Å²) in [6, 6.07) is 11.1. The highest BCUT2D eigenvalue weighted by molar-refractivity contribution is 5.76. The number of anilines is 2. The van der Waals surface area contributed by atoms with Crippen molar-refractivity contribution in [1.82, 2.24) is 15.2 Å². The van der Waals surface area contributed by atoms with Crippen molar-refractivity contribution in [3.8, 4) is 0 Å². The van der Waals surface area contributed by atoms with Gasteiger partial charge in [0.05, 0.1) is 5.56 Å². The van der Waals surface area contributed by atoms with Crippen molar-refractivity contribution in [2.75, 3.05) is 55.6 Å². The van der Waals surface area contributed by atoms with Crippen LogP contribution in [0.25, 0.3) is 0 Å². The van der Waals surface area contributed by atoms with E-state index in [4.69, 9.17) is 0 Å². The number of carbonyl (C=O) groups is 1. The molecule has 190 valence electrons. The number of hydrogen-bond donors (Lipinski definition) is 1. The van der Waals surface area contributed by atoms with E-state index in [-0.39, 0.29) is 11.9 Å². The second-order valence-corrected chi connectivity index (χ2v) is 9.45. The van der Waals surface area contributed by atoms with Crippen LogP contribution in [0.15, 0.2) is 42.6 Å². The fourth-order valence-corrected chi connectivity index (χ4v) is 4.89. The molecule has 2 aromatic rings. The van der Waals surface area contributed by atoms with Crippen molar-refractivity contribution >= 4 is 17.4 Å². The highest BCUT2D eigenvalue weighted by Gasteiger charge is 2.31. The Balaban J connectivity index is 1.12. The van der Waals surface area contributed by atoms with Gasteiger partial charge in [-0.3, -0.25) is 9.69 Å². The zero-order valence-corrected chi connectivity index (χ0v) is 20.2. The number of aromatic nitrogens is 1. The summed E-state index contributed by atoms with van der Waals surface area (Å²) >= 11 is 0. The molecule has 9 heteroatoms. The number of rotatable bonds is 7. The molecule has 1 aromatic carbocycles. The lowest BCUT2D eigenvalue weighted by molar-refractivity contribution is -0.137. The predicted molar refractivity (Wildman–Crippen MR) is 132 cm³/mol. The number of hydrogen-bond acceptors (Lipinski definition) is 5. The van der Waals surface area contributed by atoms with Gasteiger partial charge < -0.3 is 15.1 Å². The number of benzene rings is 1. The summed E-state index contributed by atoms with van der Waals surface area (Å²) in [5.41, 5.74) is 1.88.